The molecular weight excluding hydrogens is 398 g/mol. The Morgan fingerprint density at radius 2 is 1.72 bits per heavy atom. The van der Waals surface area contributed by atoms with Crippen molar-refractivity contribution >= 4 is 11.0 Å². The van der Waals surface area contributed by atoms with Crippen molar-refractivity contribution in [1.82, 2.24) is 15.3 Å². The van der Waals surface area contributed by atoms with Gasteiger partial charge in [0.1, 0.15) is 12.4 Å². The molecular formula is C27H31N3O2. The summed E-state index contributed by atoms with van der Waals surface area (Å²) < 4.78 is 11.9. The molecule has 0 fully saturated rings. The number of hydrogen-bond acceptors (Lipinski definition) is 4. The van der Waals surface area contributed by atoms with Gasteiger partial charge in [0.15, 0.2) is 11.5 Å². The minimum absolute atomic E-state index is 0.528. The number of hydrogen-bond donors (Lipinski definition) is 2. The molecule has 0 saturated carbocycles. The molecule has 0 bridgehead atoms. The molecule has 0 spiro atoms. The first-order valence-electron chi connectivity index (χ1n) is 11.3. The number of aromatic amines is 1. The van der Waals surface area contributed by atoms with Crippen LogP contribution in [0.4, 0.5) is 0 Å². The van der Waals surface area contributed by atoms with Crippen molar-refractivity contribution < 1.29 is 9.47 Å². The Morgan fingerprint density at radius 1 is 0.906 bits per heavy atom. The van der Waals surface area contributed by atoms with Gasteiger partial charge in [0.25, 0.3) is 0 Å². The molecule has 4 rings (SSSR count). The molecule has 0 aliphatic rings. The highest BCUT2D eigenvalue weighted by Crippen LogP contribution is 2.29. The molecule has 2 N–H and O–H groups in total. The van der Waals surface area contributed by atoms with Crippen LogP contribution in [0, 0.1) is 6.92 Å². The highest BCUT2D eigenvalue weighted by Gasteiger charge is 2.08. The van der Waals surface area contributed by atoms with E-state index >= 15 is 0 Å². The van der Waals surface area contributed by atoms with E-state index in [4.69, 9.17) is 9.47 Å². The quantitative estimate of drug-likeness (QED) is 0.306. The van der Waals surface area contributed by atoms with E-state index in [0.717, 1.165) is 59.9 Å². The minimum Gasteiger partial charge on any atom is -0.490 e. The van der Waals surface area contributed by atoms with Crippen LogP contribution in [0.2, 0.25) is 0 Å². The predicted molar refractivity (Wildman–Crippen MR) is 129 cm³/mol. The molecule has 0 saturated heterocycles. The molecule has 1 aromatic heterocycles. The number of aryl methyl sites for hydroxylation is 2. The predicted octanol–water partition coefficient (Wildman–Crippen LogP) is 5.57. The van der Waals surface area contributed by atoms with E-state index in [1.165, 1.54) is 11.1 Å². The zero-order valence-electron chi connectivity index (χ0n) is 18.9. The van der Waals surface area contributed by atoms with E-state index in [2.05, 4.69) is 64.7 Å². The van der Waals surface area contributed by atoms with Gasteiger partial charge in [-0.2, -0.15) is 0 Å². The summed E-state index contributed by atoms with van der Waals surface area (Å²) in [6.07, 6.45) is 1.95. The molecule has 5 nitrogen and oxygen atoms in total. The van der Waals surface area contributed by atoms with E-state index < -0.39 is 0 Å². The summed E-state index contributed by atoms with van der Waals surface area (Å²) in [5.74, 6) is 2.61. The monoisotopic (exact) mass is 429 g/mol. The van der Waals surface area contributed by atoms with Crippen LogP contribution in [-0.2, 0) is 19.6 Å². The van der Waals surface area contributed by atoms with Gasteiger partial charge in [0, 0.05) is 13.0 Å². The normalized spacial score (nSPS) is 11.1. The molecule has 3 aromatic carbocycles. The second-order valence-corrected chi connectivity index (χ2v) is 7.97. The summed E-state index contributed by atoms with van der Waals surface area (Å²) in [7, 11) is 0. The molecule has 0 radical (unpaired) electrons. The average Bonchev–Trinajstić information content (AvgIpc) is 3.22. The Kier molecular flexibility index (Phi) is 7.41. The molecule has 5 heteroatoms. The van der Waals surface area contributed by atoms with Gasteiger partial charge in [-0.05, 0) is 62.2 Å². The third kappa shape index (κ3) is 5.89. The van der Waals surface area contributed by atoms with E-state index in [9.17, 15) is 0 Å². The van der Waals surface area contributed by atoms with Gasteiger partial charge in [0.05, 0.1) is 17.6 Å². The van der Waals surface area contributed by atoms with Gasteiger partial charge < -0.3 is 19.8 Å². The number of aromatic nitrogens is 2. The van der Waals surface area contributed by atoms with Crippen molar-refractivity contribution in [1.29, 1.82) is 0 Å². The Balaban J connectivity index is 1.26. The average molecular weight is 430 g/mol. The van der Waals surface area contributed by atoms with E-state index in [1.807, 2.05) is 31.2 Å². The second kappa shape index (κ2) is 10.8. The van der Waals surface area contributed by atoms with Crippen LogP contribution in [0.15, 0.2) is 66.7 Å². The Bertz CT molecular complexity index is 1100. The Labute approximate surface area is 189 Å². The molecule has 0 amide bonds. The van der Waals surface area contributed by atoms with Crippen molar-refractivity contribution in [3.05, 3.63) is 89.2 Å². The van der Waals surface area contributed by atoms with Gasteiger partial charge in [-0.25, -0.2) is 4.98 Å². The van der Waals surface area contributed by atoms with Gasteiger partial charge in [0.2, 0.25) is 0 Å². The smallest absolute Gasteiger partial charge is 0.161 e. The number of imidazole rings is 1. The highest BCUT2D eigenvalue weighted by molar-refractivity contribution is 5.74. The van der Waals surface area contributed by atoms with Crippen LogP contribution in [0.1, 0.15) is 35.9 Å². The second-order valence-electron chi connectivity index (χ2n) is 7.97. The molecule has 0 unspecified atom stereocenters. The number of fused-ring (bicyclic) bond motifs is 1. The first kappa shape index (κ1) is 21.9. The number of nitrogens with zero attached hydrogens (tertiary/aromatic N) is 1. The zero-order valence-corrected chi connectivity index (χ0v) is 18.9. The van der Waals surface area contributed by atoms with Gasteiger partial charge in [-0.15, -0.1) is 0 Å². The first-order valence-corrected chi connectivity index (χ1v) is 11.3. The fourth-order valence-corrected chi connectivity index (χ4v) is 3.63. The number of rotatable bonds is 11. The lowest BCUT2D eigenvalue weighted by Crippen LogP contribution is -2.15. The summed E-state index contributed by atoms with van der Waals surface area (Å²) in [6.45, 7) is 6.93. The minimum atomic E-state index is 0.528. The highest BCUT2D eigenvalue weighted by atomic mass is 16.5. The van der Waals surface area contributed by atoms with Crippen LogP contribution in [0.25, 0.3) is 11.0 Å². The lowest BCUT2D eigenvalue weighted by Gasteiger charge is -2.14. The third-order valence-corrected chi connectivity index (χ3v) is 5.36. The van der Waals surface area contributed by atoms with Crippen molar-refractivity contribution in [2.75, 3.05) is 13.2 Å². The first-order chi connectivity index (χ1) is 15.7. The van der Waals surface area contributed by atoms with Crippen molar-refractivity contribution in [3.63, 3.8) is 0 Å². The van der Waals surface area contributed by atoms with E-state index in [0.29, 0.717) is 13.2 Å². The fourth-order valence-electron chi connectivity index (χ4n) is 3.63. The lowest BCUT2D eigenvalue weighted by atomic mass is 10.1. The van der Waals surface area contributed by atoms with E-state index in [-0.39, 0.29) is 0 Å². The molecule has 32 heavy (non-hydrogen) atoms. The molecule has 166 valence electrons. The van der Waals surface area contributed by atoms with Crippen molar-refractivity contribution in [2.24, 2.45) is 0 Å². The maximum Gasteiger partial charge on any atom is 0.161 e. The summed E-state index contributed by atoms with van der Waals surface area (Å²) in [6, 6.07) is 22.7. The van der Waals surface area contributed by atoms with E-state index in [1.54, 1.807) is 0 Å². The Hall–Kier alpha value is -3.31. The fraction of sp³-hybridized carbons (Fsp3) is 0.296. The standard InChI is InChI=1S/C27H31N3O2/c1-3-31-26-17-22(14-15-25(26)32-19-21-12-10-20(2)11-13-21)18-28-16-6-9-27-29-23-7-4-5-8-24(23)30-27/h4-5,7-8,10-15,17,28H,3,6,9,16,18-19H2,1-2H3,(H,29,30). The number of para-hydroxylation sites is 2. The maximum atomic E-state index is 6.03. The van der Waals surface area contributed by atoms with Crippen LogP contribution >= 0.6 is 0 Å². The summed E-state index contributed by atoms with van der Waals surface area (Å²) >= 11 is 0. The lowest BCUT2D eigenvalue weighted by molar-refractivity contribution is 0.269. The molecule has 4 aromatic rings. The van der Waals surface area contributed by atoms with Crippen molar-refractivity contribution in [2.45, 2.75) is 39.8 Å². The summed E-state index contributed by atoms with van der Waals surface area (Å²) in [4.78, 5) is 8.03. The van der Waals surface area contributed by atoms with Gasteiger partial charge in [-0.3, -0.25) is 0 Å². The van der Waals surface area contributed by atoms with Crippen LogP contribution < -0.4 is 14.8 Å². The van der Waals surface area contributed by atoms with Crippen LogP contribution in [-0.4, -0.2) is 23.1 Å². The largest absolute Gasteiger partial charge is 0.490 e. The van der Waals surface area contributed by atoms with Crippen LogP contribution in [0.3, 0.4) is 0 Å². The molecule has 0 aliphatic heterocycles. The maximum absolute atomic E-state index is 6.03. The number of H-pyrrole nitrogens is 1. The Morgan fingerprint density at radius 3 is 2.53 bits per heavy atom. The summed E-state index contributed by atoms with van der Waals surface area (Å²) in [5.41, 5.74) is 5.71. The number of nitrogens with one attached hydrogen (secondary N) is 2. The molecule has 1 heterocycles. The summed E-state index contributed by atoms with van der Waals surface area (Å²) in [5, 5.41) is 3.52. The number of benzene rings is 3. The topological polar surface area (TPSA) is 59.2 Å². The van der Waals surface area contributed by atoms with Gasteiger partial charge >= 0.3 is 0 Å². The molecule has 0 atom stereocenters. The van der Waals surface area contributed by atoms with Crippen molar-refractivity contribution in [3.8, 4) is 11.5 Å². The van der Waals surface area contributed by atoms with Gasteiger partial charge in [-0.1, -0.05) is 48.0 Å². The SMILES string of the molecule is CCOc1cc(CNCCCc2nc3ccccc3[nH]2)ccc1OCc1ccc(C)cc1. The number of ether oxygens (including phenoxy) is 2. The molecule has 0 aliphatic carbocycles. The zero-order chi connectivity index (χ0) is 22.2. The van der Waals surface area contributed by atoms with Crippen LogP contribution in [0.5, 0.6) is 11.5 Å². The third-order valence-electron chi connectivity index (χ3n) is 5.36.